The van der Waals surface area contributed by atoms with E-state index in [0.717, 1.165) is 19.3 Å². The molecule has 1 heterocycles. The highest BCUT2D eigenvalue weighted by molar-refractivity contribution is 5.94. The van der Waals surface area contributed by atoms with E-state index >= 15 is 0 Å². The predicted octanol–water partition coefficient (Wildman–Crippen LogP) is 3.53. The summed E-state index contributed by atoms with van der Waals surface area (Å²) in [5.74, 6) is -0.534. The molecule has 1 aromatic carbocycles. The van der Waals surface area contributed by atoms with Crippen LogP contribution in [-0.2, 0) is 9.53 Å². The van der Waals surface area contributed by atoms with E-state index in [1.807, 2.05) is 18.2 Å². The molecule has 1 spiro atoms. The van der Waals surface area contributed by atoms with Crippen LogP contribution in [0.25, 0.3) is 0 Å². The lowest BCUT2D eigenvalue weighted by Crippen LogP contribution is -2.61. The number of ether oxygens (including phenoxy) is 1. The molecule has 5 heteroatoms. The Bertz CT molecular complexity index is 731. The van der Waals surface area contributed by atoms with Crippen molar-refractivity contribution in [2.24, 2.45) is 22.7 Å². The number of amides is 2. The lowest BCUT2D eigenvalue weighted by molar-refractivity contribution is -0.149. The number of imide groups is 1. The molecule has 2 amide bonds. The normalized spacial score (nSPS) is 34.2. The summed E-state index contributed by atoms with van der Waals surface area (Å²) >= 11 is 0. The minimum Gasteiger partial charge on any atom is -0.448 e. The molecule has 3 aliphatic rings. The third kappa shape index (κ3) is 2.19. The first kappa shape index (κ1) is 17.5. The van der Waals surface area contributed by atoms with Crippen LogP contribution < -0.4 is 0 Å². The van der Waals surface area contributed by atoms with Crippen molar-refractivity contribution in [3.63, 3.8) is 0 Å². The van der Waals surface area contributed by atoms with Gasteiger partial charge in [0.15, 0.2) is 0 Å². The first-order chi connectivity index (χ1) is 12.3. The van der Waals surface area contributed by atoms with Crippen LogP contribution in [0, 0.1) is 22.7 Å². The Labute approximate surface area is 154 Å². The van der Waals surface area contributed by atoms with Gasteiger partial charge in [0.1, 0.15) is 6.61 Å². The van der Waals surface area contributed by atoms with Gasteiger partial charge in [0.2, 0.25) is 5.91 Å². The molecule has 1 saturated heterocycles. The van der Waals surface area contributed by atoms with E-state index in [2.05, 4.69) is 13.8 Å². The number of rotatable bonds is 3. The van der Waals surface area contributed by atoms with Gasteiger partial charge >= 0.3 is 6.09 Å². The van der Waals surface area contributed by atoms with Crippen LogP contribution in [0.3, 0.4) is 0 Å². The summed E-state index contributed by atoms with van der Waals surface area (Å²) in [4.78, 5) is 27.1. The summed E-state index contributed by atoms with van der Waals surface area (Å²) in [6.45, 7) is 6.58. The lowest BCUT2D eigenvalue weighted by Gasteiger charge is -2.49. The monoisotopic (exact) mass is 357 g/mol. The Morgan fingerprint density at radius 3 is 2.65 bits per heavy atom. The second kappa shape index (κ2) is 5.81. The minimum atomic E-state index is -0.944. The summed E-state index contributed by atoms with van der Waals surface area (Å²) in [6, 6.07) is 9.01. The summed E-state index contributed by atoms with van der Waals surface area (Å²) in [6.07, 6.45) is 1.47. The lowest BCUT2D eigenvalue weighted by atomic mass is 9.67. The fraction of sp³-hybridized carbons (Fsp3) is 0.619. The number of benzene rings is 1. The van der Waals surface area contributed by atoms with Crippen molar-refractivity contribution < 1.29 is 19.4 Å². The molecule has 1 aromatic rings. The van der Waals surface area contributed by atoms with Crippen LogP contribution in [0.4, 0.5) is 4.79 Å². The molecule has 5 atom stereocenters. The Kier molecular flexibility index (Phi) is 3.92. The van der Waals surface area contributed by atoms with Crippen LogP contribution in [-0.4, -0.2) is 34.7 Å². The molecular formula is C21H27NO4. The number of hydrogen-bond donors (Lipinski definition) is 1. The van der Waals surface area contributed by atoms with E-state index < -0.39 is 18.1 Å². The zero-order valence-corrected chi connectivity index (χ0v) is 15.6. The number of nitrogens with zero attached hydrogens (tertiary/aromatic N) is 1. The maximum Gasteiger partial charge on any atom is 0.416 e. The van der Waals surface area contributed by atoms with Gasteiger partial charge < -0.3 is 9.84 Å². The maximum atomic E-state index is 13.2. The van der Waals surface area contributed by atoms with Gasteiger partial charge in [-0.15, -0.1) is 0 Å². The van der Waals surface area contributed by atoms with E-state index in [-0.39, 0.29) is 22.8 Å². The number of cyclic esters (lactones) is 1. The van der Waals surface area contributed by atoms with Gasteiger partial charge in [0.25, 0.3) is 0 Å². The summed E-state index contributed by atoms with van der Waals surface area (Å²) < 4.78 is 5.50. The first-order valence-corrected chi connectivity index (χ1v) is 9.52. The standard InChI is InChI=1S/C21H27NO4/c1-13(17(23)14-7-5-4-6-8-14)18(24)22-16-11-15-9-10-21(16,20(15,2)3)12-26-19(22)25/h4-8,13,15-17,23H,9-12H2,1-3H3/t13-,15+,16+,17+,21+/m0/s1. The van der Waals surface area contributed by atoms with Gasteiger partial charge in [-0.3, -0.25) is 4.79 Å². The zero-order valence-electron chi connectivity index (χ0n) is 15.6. The van der Waals surface area contributed by atoms with Crippen molar-refractivity contribution in [2.45, 2.75) is 52.2 Å². The molecule has 2 bridgehead atoms. The third-order valence-corrected chi connectivity index (χ3v) is 7.59. The predicted molar refractivity (Wildman–Crippen MR) is 96.1 cm³/mol. The minimum absolute atomic E-state index is 0.0538. The quantitative estimate of drug-likeness (QED) is 0.899. The molecule has 5 nitrogen and oxygen atoms in total. The molecule has 4 rings (SSSR count). The molecular weight excluding hydrogens is 330 g/mol. The molecule has 0 aromatic heterocycles. The van der Waals surface area contributed by atoms with E-state index in [1.54, 1.807) is 19.1 Å². The number of aliphatic hydroxyl groups is 1. The van der Waals surface area contributed by atoms with Crippen LogP contribution >= 0.6 is 0 Å². The molecule has 0 radical (unpaired) electrons. The van der Waals surface area contributed by atoms with Crippen LogP contribution in [0.2, 0.25) is 0 Å². The Hall–Kier alpha value is -1.88. The van der Waals surface area contributed by atoms with Crippen LogP contribution in [0.1, 0.15) is 51.7 Å². The van der Waals surface area contributed by atoms with Gasteiger partial charge in [-0.05, 0) is 36.2 Å². The number of fused-ring (bicyclic) bond motifs is 1. The van der Waals surface area contributed by atoms with Gasteiger partial charge in [0.05, 0.1) is 18.1 Å². The number of aliphatic hydroxyl groups excluding tert-OH is 1. The van der Waals surface area contributed by atoms with Gasteiger partial charge in [-0.25, -0.2) is 9.69 Å². The first-order valence-electron chi connectivity index (χ1n) is 9.52. The fourth-order valence-electron chi connectivity index (χ4n) is 5.66. The molecule has 3 fully saturated rings. The van der Waals surface area contributed by atoms with E-state index in [1.165, 1.54) is 4.90 Å². The Balaban J connectivity index is 1.62. The summed E-state index contributed by atoms with van der Waals surface area (Å²) in [7, 11) is 0. The fourth-order valence-corrected chi connectivity index (χ4v) is 5.66. The number of carbonyl (C=O) groups excluding carboxylic acids is 2. The molecule has 140 valence electrons. The van der Waals surface area contributed by atoms with Crippen molar-refractivity contribution in [3.8, 4) is 0 Å². The highest BCUT2D eigenvalue weighted by Gasteiger charge is 2.69. The molecule has 2 aliphatic carbocycles. The van der Waals surface area contributed by atoms with E-state index in [0.29, 0.717) is 18.1 Å². The average molecular weight is 357 g/mol. The smallest absolute Gasteiger partial charge is 0.416 e. The van der Waals surface area contributed by atoms with Gasteiger partial charge in [-0.2, -0.15) is 0 Å². The SMILES string of the molecule is C[C@H](C(=O)N1C(=O)OC[C@]23CC[C@H](C[C@@H]12)C3(C)C)[C@@H](O)c1ccccc1. The van der Waals surface area contributed by atoms with E-state index in [9.17, 15) is 14.7 Å². The maximum absolute atomic E-state index is 13.2. The van der Waals surface area contributed by atoms with Gasteiger partial charge in [-0.1, -0.05) is 51.1 Å². The van der Waals surface area contributed by atoms with Crippen molar-refractivity contribution in [3.05, 3.63) is 35.9 Å². The third-order valence-electron chi connectivity index (χ3n) is 7.59. The molecule has 0 unspecified atom stereocenters. The highest BCUT2D eigenvalue weighted by Crippen LogP contribution is 2.68. The van der Waals surface area contributed by atoms with Gasteiger partial charge in [0, 0.05) is 5.41 Å². The number of hydrogen-bond acceptors (Lipinski definition) is 4. The Morgan fingerprint density at radius 2 is 2.00 bits per heavy atom. The molecule has 26 heavy (non-hydrogen) atoms. The van der Waals surface area contributed by atoms with Crippen molar-refractivity contribution in [1.82, 2.24) is 4.90 Å². The number of carbonyl (C=O) groups is 2. The Morgan fingerprint density at radius 1 is 1.31 bits per heavy atom. The largest absolute Gasteiger partial charge is 0.448 e. The second-order valence-corrected chi connectivity index (χ2v) is 8.77. The van der Waals surface area contributed by atoms with Crippen molar-refractivity contribution in [1.29, 1.82) is 0 Å². The van der Waals surface area contributed by atoms with Crippen molar-refractivity contribution >= 4 is 12.0 Å². The molecule has 1 N–H and O–H groups in total. The topological polar surface area (TPSA) is 66.8 Å². The highest BCUT2D eigenvalue weighted by atomic mass is 16.6. The zero-order chi connectivity index (χ0) is 18.7. The summed E-state index contributed by atoms with van der Waals surface area (Å²) in [5, 5.41) is 10.7. The van der Waals surface area contributed by atoms with E-state index in [4.69, 9.17) is 4.74 Å². The van der Waals surface area contributed by atoms with Crippen LogP contribution in [0.15, 0.2) is 30.3 Å². The second-order valence-electron chi connectivity index (χ2n) is 8.77. The summed E-state index contributed by atoms with van der Waals surface area (Å²) in [5.41, 5.74) is 0.582. The average Bonchev–Trinajstić information content (AvgIpc) is 3.02. The molecule has 1 aliphatic heterocycles. The molecule has 2 saturated carbocycles. The van der Waals surface area contributed by atoms with Crippen molar-refractivity contribution in [2.75, 3.05) is 6.61 Å². The van der Waals surface area contributed by atoms with Crippen LogP contribution in [0.5, 0.6) is 0 Å².